The van der Waals surface area contributed by atoms with Crippen molar-refractivity contribution in [3.8, 4) is 0 Å². The van der Waals surface area contributed by atoms with Crippen LogP contribution in [0.4, 0.5) is 13.2 Å². The van der Waals surface area contributed by atoms with Crippen LogP contribution in [0, 0.1) is 0 Å². The van der Waals surface area contributed by atoms with Crippen LogP contribution in [0.2, 0.25) is 0 Å². The highest BCUT2D eigenvalue weighted by molar-refractivity contribution is 14.0. The Morgan fingerprint density at radius 2 is 1.90 bits per heavy atom. The second kappa shape index (κ2) is 11.9. The first kappa shape index (κ1) is 25.7. The zero-order valence-electron chi connectivity index (χ0n) is 17.7. The number of halogens is 4. The number of aliphatic imine (C=N–C) groups is 1. The van der Waals surface area contributed by atoms with E-state index in [2.05, 4.69) is 15.6 Å². The van der Waals surface area contributed by atoms with E-state index in [4.69, 9.17) is 0 Å². The summed E-state index contributed by atoms with van der Waals surface area (Å²) in [6.45, 7) is 4.48. The van der Waals surface area contributed by atoms with Gasteiger partial charge in [0.05, 0.1) is 13.1 Å². The molecular formula is C21H31F3IN5O. The molecule has 0 aromatic heterocycles. The monoisotopic (exact) mass is 553 g/mol. The van der Waals surface area contributed by atoms with Crippen molar-refractivity contribution in [1.82, 2.24) is 20.4 Å². The van der Waals surface area contributed by atoms with Gasteiger partial charge >= 0.3 is 6.18 Å². The summed E-state index contributed by atoms with van der Waals surface area (Å²) in [5.74, 6) is 0.828. The number of likely N-dealkylation sites (tertiary alicyclic amines) is 2. The Hall–Kier alpha value is -1.56. The van der Waals surface area contributed by atoms with E-state index in [0.717, 1.165) is 24.1 Å². The fourth-order valence-electron chi connectivity index (χ4n) is 3.87. The highest BCUT2D eigenvalue weighted by atomic mass is 127. The highest BCUT2D eigenvalue weighted by Gasteiger charge is 2.34. The summed E-state index contributed by atoms with van der Waals surface area (Å²) in [5, 5.41) is 6.41. The largest absolute Gasteiger partial charge is 0.401 e. The van der Waals surface area contributed by atoms with E-state index in [9.17, 15) is 18.0 Å². The SMILES string of the molecule is CCNC(=NCc1ccc(CN2CCCC2=O)cc1)NC1CCN(CC(F)(F)F)C1.I. The zero-order chi connectivity index (χ0) is 21.6. The fraction of sp³-hybridized carbons (Fsp3) is 0.619. The normalized spacial score (nSPS) is 20.1. The van der Waals surface area contributed by atoms with Crippen LogP contribution in [-0.2, 0) is 17.9 Å². The van der Waals surface area contributed by atoms with Gasteiger partial charge in [-0.05, 0) is 30.9 Å². The van der Waals surface area contributed by atoms with Crippen LogP contribution in [-0.4, -0.2) is 66.6 Å². The molecule has 0 spiro atoms. The molecule has 2 aliphatic heterocycles. The van der Waals surface area contributed by atoms with E-state index in [-0.39, 0.29) is 35.9 Å². The molecule has 1 atom stereocenters. The Bertz CT molecular complexity index is 742. The highest BCUT2D eigenvalue weighted by Crippen LogP contribution is 2.20. The molecule has 1 amide bonds. The van der Waals surface area contributed by atoms with Gasteiger partial charge in [0.25, 0.3) is 0 Å². The number of benzene rings is 1. The van der Waals surface area contributed by atoms with Crippen LogP contribution in [0.1, 0.15) is 37.3 Å². The van der Waals surface area contributed by atoms with E-state index in [1.54, 1.807) is 0 Å². The van der Waals surface area contributed by atoms with Crippen LogP contribution in [0.5, 0.6) is 0 Å². The first-order chi connectivity index (χ1) is 14.3. The number of amides is 1. The molecule has 2 aliphatic rings. The maximum atomic E-state index is 12.6. The predicted molar refractivity (Wildman–Crippen MR) is 125 cm³/mol. The number of nitrogens with zero attached hydrogens (tertiary/aromatic N) is 3. The standard InChI is InChI=1S/C21H30F3N5O.HI/c1-2-25-20(27-18-9-11-28(14-18)15-21(22,23)24)26-12-16-5-7-17(8-6-16)13-29-10-3-4-19(29)30;/h5-8,18H,2-4,9-15H2,1H3,(H2,25,26,27);1H. The van der Waals surface area contributed by atoms with Crippen LogP contribution in [0.15, 0.2) is 29.3 Å². The van der Waals surface area contributed by atoms with E-state index in [1.165, 1.54) is 4.90 Å². The van der Waals surface area contributed by atoms with Crippen molar-refractivity contribution in [2.24, 2.45) is 4.99 Å². The van der Waals surface area contributed by atoms with Crippen molar-refractivity contribution in [1.29, 1.82) is 0 Å². The second-order valence-corrected chi connectivity index (χ2v) is 7.91. The summed E-state index contributed by atoms with van der Waals surface area (Å²) in [7, 11) is 0. The first-order valence-electron chi connectivity index (χ1n) is 10.5. The smallest absolute Gasteiger partial charge is 0.357 e. The molecule has 0 bridgehead atoms. The maximum absolute atomic E-state index is 12.6. The molecule has 174 valence electrons. The molecule has 2 fully saturated rings. The van der Waals surface area contributed by atoms with E-state index >= 15 is 0 Å². The minimum Gasteiger partial charge on any atom is -0.357 e. The third-order valence-corrected chi connectivity index (χ3v) is 5.35. The molecule has 3 rings (SSSR count). The molecule has 0 aliphatic carbocycles. The van der Waals surface area contributed by atoms with Gasteiger partial charge in [-0.2, -0.15) is 13.2 Å². The van der Waals surface area contributed by atoms with Gasteiger partial charge in [-0.25, -0.2) is 4.99 Å². The molecule has 6 nitrogen and oxygen atoms in total. The topological polar surface area (TPSA) is 60.0 Å². The van der Waals surface area contributed by atoms with Gasteiger partial charge in [0.1, 0.15) is 0 Å². The summed E-state index contributed by atoms with van der Waals surface area (Å²) in [4.78, 5) is 19.6. The second-order valence-electron chi connectivity index (χ2n) is 7.91. The molecule has 0 saturated carbocycles. The summed E-state index contributed by atoms with van der Waals surface area (Å²) < 4.78 is 37.7. The van der Waals surface area contributed by atoms with Gasteiger partial charge in [-0.3, -0.25) is 9.69 Å². The molecule has 31 heavy (non-hydrogen) atoms. The minimum absolute atomic E-state index is 0. The Morgan fingerprint density at radius 3 is 2.52 bits per heavy atom. The van der Waals surface area contributed by atoms with Gasteiger partial charge < -0.3 is 15.5 Å². The van der Waals surface area contributed by atoms with Gasteiger partial charge in [0, 0.05) is 45.2 Å². The first-order valence-corrected chi connectivity index (χ1v) is 10.5. The molecule has 1 aromatic rings. The molecule has 1 aromatic carbocycles. The van der Waals surface area contributed by atoms with Crippen LogP contribution >= 0.6 is 24.0 Å². The van der Waals surface area contributed by atoms with E-state index < -0.39 is 12.7 Å². The third-order valence-electron chi connectivity index (χ3n) is 5.35. The average Bonchev–Trinajstić information content (AvgIpc) is 3.28. The van der Waals surface area contributed by atoms with Gasteiger partial charge in [-0.15, -0.1) is 24.0 Å². The van der Waals surface area contributed by atoms with Crippen molar-refractivity contribution in [3.63, 3.8) is 0 Å². The van der Waals surface area contributed by atoms with Gasteiger partial charge in [-0.1, -0.05) is 24.3 Å². The summed E-state index contributed by atoms with van der Waals surface area (Å²) in [5.41, 5.74) is 2.13. The lowest BCUT2D eigenvalue weighted by Crippen LogP contribution is -2.45. The summed E-state index contributed by atoms with van der Waals surface area (Å²) >= 11 is 0. The van der Waals surface area contributed by atoms with Crippen molar-refractivity contribution in [2.45, 2.75) is 51.5 Å². The lowest BCUT2D eigenvalue weighted by atomic mass is 10.1. The van der Waals surface area contributed by atoms with Gasteiger partial charge in [0.15, 0.2) is 5.96 Å². The Morgan fingerprint density at radius 1 is 1.19 bits per heavy atom. The number of alkyl halides is 3. The Balaban J connectivity index is 0.00000341. The molecular weight excluding hydrogens is 522 g/mol. The number of nitrogens with one attached hydrogen (secondary N) is 2. The number of rotatable bonds is 7. The zero-order valence-corrected chi connectivity index (χ0v) is 20.1. The quantitative estimate of drug-likeness (QED) is 0.310. The Kier molecular flexibility index (Phi) is 9.86. The lowest BCUT2D eigenvalue weighted by Gasteiger charge is -2.19. The number of carbonyl (C=O) groups excluding carboxylic acids is 1. The molecule has 10 heteroatoms. The number of carbonyl (C=O) groups is 1. The molecule has 2 saturated heterocycles. The molecule has 2 N–H and O–H groups in total. The summed E-state index contributed by atoms with van der Waals surface area (Å²) in [6.07, 6.45) is -1.94. The number of guanidine groups is 1. The molecule has 0 radical (unpaired) electrons. The van der Waals surface area contributed by atoms with Crippen molar-refractivity contribution in [2.75, 3.05) is 32.7 Å². The van der Waals surface area contributed by atoms with Crippen molar-refractivity contribution >= 4 is 35.8 Å². The number of hydrogen-bond acceptors (Lipinski definition) is 3. The van der Waals surface area contributed by atoms with Crippen molar-refractivity contribution < 1.29 is 18.0 Å². The average molecular weight is 553 g/mol. The maximum Gasteiger partial charge on any atom is 0.401 e. The molecule has 1 unspecified atom stereocenters. The fourth-order valence-corrected chi connectivity index (χ4v) is 3.87. The third kappa shape index (κ3) is 8.47. The van der Waals surface area contributed by atoms with Crippen LogP contribution < -0.4 is 10.6 Å². The Labute approximate surface area is 198 Å². The van der Waals surface area contributed by atoms with Crippen LogP contribution in [0.3, 0.4) is 0 Å². The van der Waals surface area contributed by atoms with Crippen molar-refractivity contribution in [3.05, 3.63) is 35.4 Å². The predicted octanol–water partition coefficient (Wildman–Crippen LogP) is 3.12. The molecule has 2 heterocycles. The van der Waals surface area contributed by atoms with Gasteiger partial charge in [0.2, 0.25) is 5.91 Å². The van der Waals surface area contributed by atoms with Crippen LogP contribution in [0.25, 0.3) is 0 Å². The van der Waals surface area contributed by atoms with E-state index in [1.807, 2.05) is 36.1 Å². The van der Waals surface area contributed by atoms with E-state index in [0.29, 0.717) is 51.5 Å². The lowest BCUT2D eigenvalue weighted by molar-refractivity contribution is -0.143. The summed E-state index contributed by atoms with van der Waals surface area (Å²) in [6, 6.07) is 7.99. The minimum atomic E-state index is -4.16. The number of hydrogen-bond donors (Lipinski definition) is 2.